The minimum absolute atomic E-state index is 0.143. The molecule has 2 rings (SSSR count). The van der Waals surface area contributed by atoms with E-state index in [1.165, 1.54) is 4.90 Å². The molecular weight excluding hydrogens is 248 g/mol. The average Bonchev–Trinajstić information content (AvgIpc) is 2.80. The third kappa shape index (κ3) is 2.90. The Morgan fingerprint density at radius 2 is 2.11 bits per heavy atom. The summed E-state index contributed by atoms with van der Waals surface area (Å²) in [6.07, 6.45) is 0.0801. The van der Waals surface area contributed by atoms with Gasteiger partial charge in [-0.15, -0.1) is 0 Å². The van der Waals surface area contributed by atoms with E-state index in [1.54, 1.807) is 26.1 Å². The molecule has 1 aliphatic heterocycles. The Kier molecular flexibility index (Phi) is 3.80. The second-order valence-corrected chi connectivity index (χ2v) is 4.66. The van der Waals surface area contributed by atoms with Crippen molar-refractivity contribution in [1.29, 1.82) is 0 Å². The van der Waals surface area contributed by atoms with Crippen LogP contribution in [0.3, 0.4) is 0 Å². The first-order valence-electron chi connectivity index (χ1n) is 6.11. The van der Waals surface area contributed by atoms with Gasteiger partial charge in [0.1, 0.15) is 0 Å². The standard InChI is InChI=1S/C13H18N2O4/c1-8(16)3-4-15(2)13(17)9-5-11-12(6-10(9)14)19-7-18-11/h5-6,8,16H,3-4,7,14H2,1-2H3. The summed E-state index contributed by atoms with van der Waals surface area (Å²) in [5.74, 6) is 0.888. The van der Waals surface area contributed by atoms with Gasteiger partial charge in [0, 0.05) is 25.3 Å². The average molecular weight is 266 g/mol. The molecule has 0 aromatic heterocycles. The SMILES string of the molecule is CC(O)CCN(C)C(=O)c1cc2c(cc1N)OCO2. The number of hydrogen-bond donors (Lipinski definition) is 2. The maximum atomic E-state index is 12.2. The number of nitrogens with zero attached hydrogens (tertiary/aromatic N) is 1. The monoisotopic (exact) mass is 266 g/mol. The van der Waals surface area contributed by atoms with Crippen molar-refractivity contribution in [2.45, 2.75) is 19.4 Å². The van der Waals surface area contributed by atoms with Gasteiger partial charge in [-0.25, -0.2) is 0 Å². The van der Waals surface area contributed by atoms with Crippen LogP contribution in [-0.2, 0) is 0 Å². The van der Waals surface area contributed by atoms with Gasteiger partial charge >= 0.3 is 0 Å². The zero-order chi connectivity index (χ0) is 14.0. The molecule has 3 N–H and O–H groups in total. The predicted molar refractivity (Wildman–Crippen MR) is 70.2 cm³/mol. The van der Waals surface area contributed by atoms with Crippen LogP contribution in [0.25, 0.3) is 0 Å². The zero-order valence-electron chi connectivity index (χ0n) is 11.0. The lowest BCUT2D eigenvalue weighted by molar-refractivity contribution is 0.0769. The molecule has 6 heteroatoms. The number of ether oxygens (including phenoxy) is 2. The van der Waals surface area contributed by atoms with Crippen LogP contribution in [0.15, 0.2) is 12.1 Å². The summed E-state index contributed by atoms with van der Waals surface area (Å²) in [4.78, 5) is 13.8. The van der Waals surface area contributed by atoms with E-state index < -0.39 is 6.10 Å². The minimum Gasteiger partial charge on any atom is -0.454 e. The number of nitrogens with two attached hydrogens (primary N) is 1. The molecule has 0 spiro atoms. The maximum absolute atomic E-state index is 12.2. The fourth-order valence-corrected chi connectivity index (χ4v) is 1.83. The molecule has 1 aromatic carbocycles. The number of amides is 1. The van der Waals surface area contributed by atoms with E-state index in [1.807, 2.05) is 0 Å². The van der Waals surface area contributed by atoms with Crippen molar-refractivity contribution >= 4 is 11.6 Å². The van der Waals surface area contributed by atoms with Crippen molar-refractivity contribution in [2.75, 3.05) is 26.1 Å². The van der Waals surface area contributed by atoms with E-state index in [4.69, 9.17) is 15.2 Å². The Hall–Kier alpha value is -1.95. The van der Waals surface area contributed by atoms with Gasteiger partial charge in [0.2, 0.25) is 6.79 Å². The van der Waals surface area contributed by atoms with Crippen molar-refractivity contribution in [2.24, 2.45) is 0 Å². The van der Waals surface area contributed by atoms with Gasteiger partial charge < -0.3 is 25.2 Å². The maximum Gasteiger partial charge on any atom is 0.255 e. The summed E-state index contributed by atoms with van der Waals surface area (Å²) < 4.78 is 10.4. The number of hydrogen-bond acceptors (Lipinski definition) is 5. The van der Waals surface area contributed by atoms with Gasteiger partial charge in [-0.3, -0.25) is 4.79 Å². The topological polar surface area (TPSA) is 85.0 Å². The van der Waals surface area contributed by atoms with Gasteiger partial charge in [-0.05, 0) is 19.4 Å². The summed E-state index contributed by atoms with van der Waals surface area (Å²) in [5, 5.41) is 9.24. The molecule has 0 radical (unpaired) electrons. The number of nitrogen functional groups attached to an aromatic ring is 1. The van der Waals surface area contributed by atoms with Gasteiger partial charge in [-0.2, -0.15) is 0 Å². The molecule has 1 amide bonds. The van der Waals surface area contributed by atoms with E-state index in [0.29, 0.717) is 35.7 Å². The number of aliphatic hydroxyl groups is 1. The molecular formula is C13H18N2O4. The summed E-state index contributed by atoms with van der Waals surface area (Å²) in [6, 6.07) is 3.19. The van der Waals surface area contributed by atoms with Crippen LogP contribution in [0.5, 0.6) is 11.5 Å². The molecule has 6 nitrogen and oxygen atoms in total. The highest BCUT2D eigenvalue weighted by atomic mass is 16.7. The summed E-state index contributed by atoms with van der Waals surface area (Å²) >= 11 is 0. The van der Waals surface area contributed by atoms with Gasteiger partial charge in [-0.1, -0.05) is 0 Å². The van der Waals surface area contributed by atoms with Gasteiger partial charge in [0.15, 0.2) is 11.5 Å². The highest BCUT2D eigenvalue weighted by molar-refractivity contribution is 6.00. The summed E-state index contributed by atoms with van der Waals surface area (Å²) in [6.45, 7) is 2.29. The molecule has 1 heterocycles. The number of carbonyl (C=O) groups excluding carboxylic acids is 1. The van der Waals surface area contributed by atoms with Gasteiger partial charge in [0.25, 0.3) is 5.91 Å². The Morgan fingerprint density at radius 3 is 2.74 bits per heavy atom. The van der Waals surface area contributed by atoms with Crippen molar-refractivity contribution in [1.82, 2.24) is 4.90 Å². The van der Waals surface area contributed by atoms with Crippen molar-refractivity contribution in [3.8, 4) is 11.5 Å². The fourth-order valence-electron chi connectivity index (χ4n) is 1.83. The largest absolute Gasteiger partial charge is 0.454 e. The molecule has 1 aliphatic rings. The van der Waals surface area contributed by atoms with Crippen molar-refractivity contribution in [3.05, 3.63) is 17.7 Å². The number of rotatable bonds is 4. The van der Waals surface area contributed by atoms with E-state index in [0.717, 1.165) is 0 Å². The quantitative estimate of drug-likeness (QED) is 0.789. The molecule has 1 atom stereocenters. The minimum atomic E-state index is -0.440. The first-order chi connectivity index (χ1) is 8.99. The lowest BCUT2D eigenvalue weighted by atomic mass is 10.1. The Labute approximate surface area is 111 Å². The molecule has 0 fully saturated rings. The Bertz CT molecular complexity index is 488. The zero-order valence-corrected chi connectivity index (χ0v) is 11.0. The number of benzene rings is 1. The Balaban J connectivity index is 2.15. The fraction of sp³-hybridized carbons (Fsp3) is 0.462. The van der Waals surface area contributed by atoms with Crippen LogP contribution in [0.2, 0.25) is 0 Å². The lowest BCUT2D eigenvalue weighted by Crippen LogP contribution is -2.30. The molecule has 1 unspecified atom stereocenters. The van der Waals surface area contributed by atoms with E-state index in [2.05, 4.69) is 0 Å². The molecule has 0 bridgehead atoms. The molecule has 104 valence electrons. The van der Waals surface area contributed by atoms with E-state index >= 15 is 0 Å². The number of carbonyl (C=O) groups is 1. The first-order valence-corrected chi connectivity index (χ1v) is 6.11. The van der Waals surface area contributed by atoms with Crippen LogP contribution in [0.1, 0.15) is 23.7 Å². The molecule has 1 aromatic rings. The third-order valence-corrected chi connectivity index (χ3v) is 3.00. The lowest BCUT2D eigenvalue weighted by Gasteiger charge is -2.19. The van der Waals surface area contributed by atoms with Crippen molar-refractivity contribution in [3.63, 3.8) is 0 Å². The first kappa shape index (κ1) is 13.5. The molecule has 19 heavy (non-hydrogen) atoms. The summed E-state index contributed by atoms with van der Waals surface area (Å²) in [5.41, 5.74) is 6.60. The second kappa shape index (κ2) is 5.36. The van der Waals surface area contributed by atoms with E-state index in [-0.39, 0.29) is 12.7 Å². The van der Waals surface area contributed by atoms with Crippen LogP contribution in [0, 0.1) is 0 Å². The van der Waals surface area contributed by atoms with Gasteiger partial charge in [0.05, 0.1) is 11.7 Å². The van der Waals surface area contributed by atoms with Crippen LogP contribution < -0.4 is 15.2 Å². The molecule has 0 aliphatic carbocycles. The molecule has 0 saturated heterocycles. The van der Waals surface area contributed by atoms with Crippen LogP contribution in [-0.4, -0.2) is 42.4 Å². The number of fused-ring (bicyclic) bond motifs is 1. The normalized spacial score (nSPS) is 14.3. The smallest absolute Gasteiger partial charge is 0.255 e. The third-order valence-electron chi connectivity index (χ3n) is 3.00. The number of anilines is 1. The second-order valence-electron chi connectivity index (χ2n) is 4.66. The number of aliphatic hydroxyl groups excluding tert-OH is 1. The molecule has 0 saturated carbocycles. The van der Waals surface area contributed by atoms with Crippen LogP contribution in [0.4, 0.5) is 5.69 Å². The highest BCUT2D eigenvalue weighted by Crippen LogP contribution is 2.36. The van der Waals surface area contributed by atoms with Crippen molar-refractivity contribution < 1.29 is 19.4 Å². The van der Waals surface area contributed by atoms with E-state index in [9.17, 15) is 9.90 Å². The Morgan fingerprint density at radius 1 is 1.47 bits per heavy atom. The highest BCUT2D eigenvalue weighted by Gasteiger charge is 2.21. The predicted octanol–water partition coefficient (Wildman–Crippen LogP) is 0.840. The van der Waals surface area contributed by atoms with Crippen LogP contribution >= 0.6 is 0 Å². The summed E-state index contributed by atoms with van der Waals surface area (Å²) in [7, 11) is 1.68.